The van der Waals surface area contributed by atoms with Crippen LogP contribution in [-0.2, 0) is 13.1 Å². The lowest BCUT2D eigenvalue weighted by Gasteiger charge is -2.28. The first-order valence-corrected chi connectivity index (χ1v) is 7.78. The third kappa shape index (κ3) is 3.85. The molecule has 112 valence electrons. The molecule has 21 heavy (non-hydrogen) atoms. The summed E-state index contributed by atoms with van der Waals surface area (Å²) in [5.74, 6) is 0.859. The minimum atomic E-state index is 0.741. The highest BCUT2D eigenvalue weighted by molar-refractivity contribution is 5.47. The number of nitrogens with one attached hydrogen (secondary N) is 1. The SMILES string of the molecule is Cc1cc(CNCc2ccc(N3CCCCC3)cc2)no1. The Balaban J connectivity index is 1.49. The van der Waals surface area contributed by atoms with Gasteiger partial charge in [0.15, 0.2) is 0 Å². The second kappa shape index (κ2) is 6.76. The van der Waals surface area contributed by atoms with E-state index in [2.05, 4.69) is 39.6 Å². The fraction of sp³-hybridized carbons (Fsp3) is 0.471. The second-order valence-corrected chi connectivity index (χ2v) is 5.75. The van der Waals surface area contributed by atoms with Crippen LogP contribution in [0.2, 0.25) is 0 Å². The van der Waals surface area contributed by atoms with Gasteiger partial charge in [-0.3, -0.25) is 0 Å². The van der Waals surface area contributed by atoms with Gasteiger partial charge in [-0.15, -0.1) is 0 Å². The molecule has 1 aliphatic rings. The highest BCUT2D eigenvalue weighted by Gasteiger charge is 2.10. The van der Waals surface area contributed by atoms with Crippen molar-refractivity contribution < 1.29 is 4.52 Å². The average molecular weight is 285 g/mol. The fourth-order valence-electron chi connectivity index (χ4n) is 2.81. The number of benzene rings is 1. The molecule has 4 heteroatoms. The number of aromatic nitrogens is 1. The van der Waals surface area contributed by atoms with E-state index < -0.39 is 0 Å². The Hall–Kier alpha value is -1.81. The molecule has 0 atom stereocenters. The van der Waals surface area contributed by atoms with E-state index >= 15 is 0 Å². The van der Waals surface area contributed by atoms with Crippen LogP contribution in [0, 0.1) is 6.92 Å². The van der Waals surface area contributed by atoms with E-state index in [1.807, 2.05) is 13.0 Å². The lowest BCUT2D eigenvalue weighted by atomic mass is 10.1. The summed E-state index contributed by atoms with van der Waals surface area (Å²) in [4.78, 5) is 2.48. The largest absolute Gasteiger partial charge is 0.372 e. The standard InChI is InChI=1S/C17H23N3O/c1-14-11-16(19-21-14)13-18-12-15-5-7-17(8-6-15)20-9-3-2-4-10-20/h5-8,11,18H,2-4,9-10,12-13H2,1H3. The number of piperidine rings is 1. The number of hydrogen-bond donors (Lipinski definition) is 1. The molecule has 1 fully saturated rings. The summed E-state index contributed by atoms with van der Waals surface area (Å²) in [7, 11) is 0. The summed E-state index contributed by atoms with van der Waals surface area (Å²) in [5.41, 5.74) is 3.61. The molecule has 0 saturated carbocycles. The van der Waals surface area contributed by atoms with Crippen LogP contribution in [0.1, 0.15) is 36.3 Å². The van der Waals surface area contributed by atoms with E-state index in [9.17, 15) is 0 Å². The van der Waals surface area contributed by atoms with E-state index in [4.69, 9.17) is 4.52 Å². The van der Waals surface area contributed by atoms with Crippen molar-refractivity contribution in [2.75, 3.05) is 18.0 Å². The van der Waals surface area contributed by atoms with Crippen molar-refractivity contribution in [3.05, 3.63) is 47.3 Å². The molecule has 0 unspecified atom stereocenters. The molecule has 0 amide bonds. The third-order valence-electron chi connectivity index (χ3n) is 3.97. The molecule has 1 aliphatic heterocycles. The first-order chi connectivity index (χ1) is 10.3. The zero-order valence-corrected chi connectivity index (χ0v) is 12.6. The fourth-order valence-corrected chi connectivity index (χ4v) is 2.81. The quantitative estimate of drug-likeness (QED) is 0.915. The van der Waals surface area contributed by atoms with Gasteiger partial charge < -0.3 is 14.7 Å². The maximum atomic E-state index is 5.05. The van der Waals surface area contributed by atoms with Gasteiger partial charge in [0, 0.05) is 37.9 Å². The van der Waals surface area contributed by atoms with Crippen molar-refractivity contribution >= 4 is 5.69 Å². The van der Waals surface area contributed by atoms with Gasteiger partial charge in [-0.25, -0.2) is 0 Å². The Kier molecular flexibility index (Phi) is 4.55. The molecule has 1 aromatic carbocycles. The van der Waals surface area contributed by atoms with Crippen LogP contribution in [0.4, 0.5) is 5.69 Å². The molecule has 4 nitrogen and oxygen atoms in total. The Bertz CT molecular complexity index is 556. The van der Waals surface area contributed by atoms with E-state index in [-0.39, 0.29) is 0 Å². The lowest BCUT2D eigenvalue weighted by Crippen LogP contribution is -2.29. The third-order valence-corrected chi connectivity index (χ3v) is 3.97. The summed E-state index contributed by atoms with van der Waals surface area (Å²) in [5, 5.41) is 7.37. The van der Waals surface area contributed by atoms with Gasteiger partial charge in [-0.2, -0.15) is 0 Å². The molecule has 2 aromatic rings. The van der Waals surface area contributed by atoms with Gasteiger partial charge in [0.1, 0.15) is 5.76 Å². The molecule has 0 aliphatic carbocycles. The van der Waals surface area contributed by atoms with Crippen LogP contribution >= 0.6 is 0 Å². The van der Waals surface area contributed by atoms with Gasteiger partial charge in [0.25, 0.3) is 0 Å². The molecule has 1 N–H and O–H groups in total. The Morgan fingerprint density at radius 3 is 2.52 bits per heavy atom. The maximum absolute atomic E-state index is 5.05. The average Bonchev–Trinajstić information content (AvgIpc) is 2.94. The molecular formula is C17H23N3O. The number of nitrogens with zero attached hydrogens (tertiary/aromatic N) is 2. The molecule has 1 saturated heterocycles. The normalized spacial score (nSPS) is 15.4. The van der Waals surface area contributed by atoms with Crippen molar-refractivity contribution in [1.29, 1.82) is 0 Å². The van der Waals surface area contributed by atoms with Gasteiger partial charge in [-0.05, 0) is 43.9 Å². The van der Waals surface area contributed by atoms with Crippen molar-refractivity contribution in [3.63, 3.8) is 0 Å². The molecular weight excluding hydrogens is 262 g/mol. The van der Waals surface area contributed by atoms with E-state index in [0.29, 0.717) is 0 Å². The van der Waals surface area contributed by atoms with Crippen LogP contribution < -0.4 is 10.2 Å². The van der Waals surface area contributed by atoms with Crippen LogP contribution in [0.15, 0.2) is 34.9 Å². The van der Waals surface area contributed by atoms with Gasteiger partial charge in [0.05, 0.1) is 5.69 Å². The second-order valence-electron chi connectivity index (χ2n) is 5.75. The number of anilines is 1. The van der Waals surface area contributed by atoms with Gasteiger partial charge in [-0.1, -0.05) is 17.3 Å². The summed E-state index contributed by atoms with van der Waals surface area (Å²) >= 11 is 0. The van der Waals surface area contributed by atoms with E-state index in [1.165, 1.54) is 43.6 Å². The molecule has 0 spiro atoms. The topological polar surface area (TPSA) is 41.3 Å². The van der Waals surface area contributed by atoms with Crippen molar-refractivity contribution in [3.8, 4) is 0 Å². The Morgan fingerprint density at radius 2 is 1.86 bits per heavy atom. The van der Waals surface area contributed by atoms with Crippen molar-refractivity contribution in [2.24, 2.45) is 0 Å². The van der Waals surface area contributed by atoms with Crippen LogP contribution in [0.5, 0.6) is 0 Å². The van der Waals surface area contributed by atoms with Crippen LogP contribution in [0.25, 0.3) is 0 Å². The summed E-state index contributed by atoms with van der Waals surface area (Å²) in [6.07, 6.45) is 4.01. The monoisotopic (exact) mass is 285 g/mol. The zero-order valence-electron chi connectivity index (χ0n) is 12.6. The Morgan fingerprint density at radius 1 is 1.10 bits per heavy atom. The smallest absolute Gasteiger partial charge is 0.133 e. The minimum absolute atomic E-state index is 0.741. The van der Waals surface area contributed by atoms with Crippen molar-refractivity contribution in [2.45, 2.75) is 39.3 Å². The molecule has 0 bridgehead atoms. The molecule has 0 radical (unpaired) electrons. The van der Waals surface area contributed by atoms with E-state index in [1.54, 1.807) is 0 Å². The summed E-state index contributed by atoms with van der Waals surface area (Å²) < 4.78 is 5.05. The highest BCUT2D eigenvalue weighted by atomic mass is 16.5. The lowest BCUT2D eigenvalue weighted by molar-refractivity contribution is 0.388. The van der Waals surface area contributed by atoms with Gasteiger partial charge >= 0.3 is 0 Å². The van der Waals surface area contributed by atoms with Crippen molar-refractivity contribution in [1.82, 2.24) is 10.5 Å². The van der Waals surface area contributed by atoms with Gasteiger partial charge in [0.2, 0.25) is 0 Å². The van der Waals surface area contributed by atoms with Crippen LogP contribution in [0.3, 0.4) is 0 Å². The molecule has 1 aromatic heterocycles. The molecule has 3 rings (SSSR count). The van der Waals surface area contributed by atoms with E-state index in [0.717, 1.165) is 24.5 Å². The molecule has 2 heterocycles. The highest BCUT2D eigenvalue weighted by Crippen LogP contribution is 2.20. The van der Waals surface area contributed by atoms with Crippen LogP contribution in [-0.4, -0.2) is 18.2 Å². The number of hydrogen-bond acceptors (Lipinski definition) is 4. The summed E-state index contributed by atoms with van der Waals surface area (Å²) in [6.45, 7) is 5.90. The first kappa shape index (κ1) is 14.1. The number of rotatable bonds is 5. The predicted octanol–water partition coefficient (Wildman–Crippen LogP) is 3.26. The minimum Gasteiger partial charge on any atom is -0.372 e. The first-order valence-electron chi connectivity index (χ1n) is 7.78. The predicted molar refractivity (Wildman–Crippen MR) is 84.3 cm³/mol. The number of aryl methyl sites for hydroxylation is 1. The summed E-state index contributed by atoms with van der Waals surface area (Å²) in [6, 6.07) is 10.9. The Labute approximate surface area is 126 Å². The zero-order chi connectivity index (χ0) is 14.5. The maximum Gasteiger partial charge on any atom is 0.133 e.